The number of benzene rings is 2. The Labute approximate surface area is 184 Å². The summed E-state index contributed by atoms with van der Waals surface area (Å²) < 4.78 is 11.1. The summed E-state index contributed by atoms with van der Waals surface area (Å²) in [6, 6.07) is 12.5. The van der Waals surface area contributed by atoms with Gasteiger partial charge >= 0.3 is 6.03 Å². The van der Waals surface area contributed by atoms with Crippen molar-refractivity contribution in [1.29, 1.82) is 0 Å². The second-order valence-electron chi connectivity index (χ2n) is 7.51. The molecule has 0 saturated carbocycles. The molecule has 0 aliphatic carbocycles. The van der Waals surface area contributed by atoms with E-state index in [1.807, 2.05) is 30.3 Å². The van der Waals surface area contributed by atoms with Crippen LogP contribution in [0.25, 0.3) is 0 Å². The Bertz CT molecular complexity index is 1030. The van der Waals surface area contributed by atoms with Crippen LogP contribution in [0.3, 0.4) is 0 Å². The quantitative estimate of drug-likeness (QED) is 0.449. The van der Waals surface area contributed by atoms with Gasteiger partial charge in [-0.1, -0.05) is 18.2 Å². The Morgan fingerprint density at radius 3 is 2.68 bits per heavy atom. The zero-order valence-electron chi connectivity index (χ0n) is 17.0. The van der Waals surface area contributed by atoms with Crippen molar-refractivity contribution in [2.45, 2.75) is 23.8 Å². The van der Waals surface area contributed by atoms with Crippen molar-refractivity contribution in [3.8, 4) is 11.5 Å². The lowest BCUT2D eigenvalue weighted by Crippen LogP contribution is -2.46. The van der Waals surface area contributed by atoms with E-state index in [0.717, 1.165) is 22.0 Å². The molecule has 1 atom stereocenters. The summed E-state index contributed by atoms with van der Waals surface area (Å²) in [7, 11) is 0. The van der Waals surface area contributed by atoms with E-state index in [1.54, 1.807) is 19.1 Å². The minimum absolute atomic E-state index is 0.189. The van der Waals surface area contributed by atoms with E-state index in [1.165, 1.54) is 11.8 Å². The first kappa shape index (κ1) is 21.0. The fourth-order valence-corrected chi connectivity index (χ4v) is 4.48. The summed E-state index contributed by atoms with van der Waals surface area (Å²) in [6.07, 6.45) is 0.655. The van der Waals surface area contributed by atoms with Crippen LogP contribution < -0.4 is 25.4 Å². The number of hydrogen-bond donors (Lipinski definition) is 3. The number of amides is 4. The van der Waals surface area contributed by atoms with E-state index in [0.29, 0.717) is 37.5 Å². The van der Waals surface area contributed by atoms with Crippen LogP contribution >= 0.6 is 11.8 Å². The van der Waals surface area contributed by atoms with Gasteiger partial charge in [-0.05, 0) is 43.2 Å². The van der Waals surface area contributed by atoms with Gasteiger partial charge in [0.1, 0.15) is 18.8 Å². The molecule has 31 heavy (non-hydrogen) atoms. The summed E-state index contributed by atoms with van der Waals surface area (Å²) >= 11 is 1.36. The maximum atomic E-state index is 12.8. The van der Waals surface area contributed by atoms with Gasteiger partial charge in [-0.3, -0.25) is 14.9 Å². The molecule has 0 bridgehead atoms. The number of urea groups is 1. The third-order valence-corrected chi connectivity index (χ3v) is 6.46. The first-order valence-electron chi connectivity index (χ1n) is 9.97. The molecular formula is C22H23N3O5S. The molecule has 2 aromatic carbocycles. The minimum Gasteiger partial charge on any atom is -0.486 e. The third-order valence-electron chi connectivity index (χ3n) is 5.07. The van der Waals surface area contributed by atoms with Gasteiger partial charge in [0.2, 0.25) is 0 Å². The second kappa shape index (κ2) is 8.89. The van der Waals surface area contributed by atoms with Gasteiger partial charge < -0.3 is 20.1 Å². The number of fused-ring (bicyclic) bond motifs is 1. The van der Waals surface area contributed by atoms with E-state index < -0.39 is 11.6 Å². The average Bonchev–Trinajstić information content (AvgIpc) is 3.03. The number of carbonyl (C=O) groups is 3. The molecule has 4 rings (SSSR count). The van der Waals surface area contributed by atoms with E-state index in [9.17, 15) is 14.4 Å². The number of thioether (sulfide) groups is 1. The molecule has 162 valence electrons. The van der Waals surface area contributed by atoms with Crippen molar-refractivity contribution in [2.24, 2.45) is 0 Å². The normalized spacial score (nSPS) is 19.5. The first-order chi connectivity index (χ1) is 14.9. The molecular weight excluding hydrogens is 418 g/mol. The van der Waals surface area contributed by atoms with Crippen molar-refractivity contribution < 1.29 is 23.9 Å². The van der Waals surface area contributed by atoms with Gasteiger partial charge in [0, 0.05) is 17.2 Å². The molecule has 4 amide bonds. The summed E-state index contributed by atoms with van der Waals surface area (Å²) in [5.41, 5.74) is 0.565. The summed E-state index contributed by atoms with van der Waals surface area (Å²) in [5, 5.41) is 7.83. The van der Waals surface area contributed by atoms with Gasteiger partial charge in [0.25, 0.3) is 11.8 Å². The molecule has 3 N–H and O–H groups in total. The van der Waals surface area contributed by atoms with Gasteiger partial charge in [0.05, 0.1) is 5.56 Å². The lowest BCUT2D eigenvalue weighted by Gasteiger charge is -2.20. The number of ether oxygens (including phenoxy) is 2. The molecule has 1 saturated heterocycles. The summed E-state index contributed by atoms with van der Waals surface area (Å²) in [6.45, 7) is 3.21. The van der Waals surface area contributed by atoms with Gasteiger partial charge in [-0.2, -0.15) is 0 Å². The number of hydrogen-bond acceptors (Lipinski definition) is 6. The molecule has 2 heterocycles. The van der Waals surface area contributed by atoms with E-state index in [2.05, 4.69) is 16.0 Å². The highest BCUT2D eigenvalue weighted by atomic mass is 32.2. The molecule has 1 fully saturated rings. The average molecular weight is 442 g/mol. The highest BCUT2D eigenvalue weighted by Crippen LogP contribution is 2.31. The molecule has 2 aromatic rings. The number of nitrogens with one attached hydrogen (secondary N) is 3. The lowest BCUT2D eigenvalue weighted by atomic mass is 10.1. The van der Waals surface area contributed by atoms with Crippen molar-refractivity contribution in [1.82, 2.24) is 16.0 Å². The Kier molecular flexibility index (Phi) is 6.03. The SMILES string of the molecule is CC1(CSc2ccccc2C(=O)NCCc2ccc3c(c2)OCCO3)NC(=O)NC1=O. The lowest BCUT2D eigenvalue weighted by molar-refractivity contribution is -0.122. The second-order valence-corrected chi connectivity index (χ2v) is 8.53. The first-order valence-corrected chi connectivity index (χ1v) is 11.0. The van der Waals surface area contributed by atoms with E-state index in [-0.39, 0.29) is 11.8 Å². The van der Waals surface area contributed by atoms with Crippen LogP contribution in [0.1, 0.15) is 22.8 Å². The van der Waals surface area contributed by atoms with Crippen molar-refractivity contribution >= 4 is 29.6 Å². The molecule has 8 nitrogen and oxygen atoms in total. The molecule has 0 radical (unpaired) electrons. The van der Waals surface area contributed by atoms with E-state index >= 15 is 0 Å². The predicted octanol–water partition coefficient (Wildman–Crippen LogP) is 2.12. The fraction of sp³-hybridized carbons (Fsp3) is 0.318. The number of carbonyl (C=O) groups excluding carboxylic acids is 3. The Balaban J connectivity index is 1.35. The number of imide groups is 1. The van der Waals surface area contributed by atoms with Gasteiger partial charge in [-0.15, -0.1) is 11.8 Å². The Morgan fingerprint density at radius 2 is 1.90 bits per heavy atom. The van der Waals surface area contributed by atoms with Crippen LogP contribution in [-0.4, -0.2) is 48.9 Å². The van der Waals surface area contributed by atoms with Gasteiger partial charge in [-0.25, -0.2) is 4.79 Å². The van der Waals surface area contributed by atoms with Crippen molar-refractivity contribution in [2.75, 3.05) is 25.5 Å². The topological polar surface area (TPSA) is 106 Å². The molecule has 2 aliphatic heterocycles. The molecule has 0 aromatic heterocycles. The van der Waals surface area contributed by atoms with Crippen LogP contribution in [-0.2, 0) is 11.2 Å². The standard InChI is InChI=1S/C22H23N3O5S/c1-22(20(27)24-21(28)25-22)13-31-18-5-3-2-4-15(18)19(26)23-9-8-14-6-7-16-17(12-14)30-11-10-29-16/h2-7,12H,8-11,13H2,1H3,(H,23,26)(H2,24,25,27,28). The molecule has 2 aliphatic rings. The minimum atomic E-state index is -1.01. The Hall–Kier alpha value is -3.20. The molecule has 9 heteroatoms. The van der Waals surface area contributed by atoms with Crippen LogP contribution in [0, 0.1) is 0 Å². The largest absolute Gasteiger partial charge is 0.486 e. The zero-order chi connectivity index (χ0) is 21.8. The summed E-state index contributed by atoms with van der Waals surface area (Å²) in [5.74, 6) is 1.22. The Morgan fingerprint density at radius 1 is 1.13 bits per heavy atom. The predicted molar refractivity (Wildman–Crippen MR) is 116 cm³/mol. The summed E-state index contributed by atoms with van der Waals surface area (Å²) in [4.78, 5) is 37.0. The van der Waals surface area contributed by atoms with Crippen LogP contribution in [0.4, 0.5) is 4.79 Å². The highest BCUT2D eigenvalue weighted by Gasteiger charge is 2.41. The fourth-order valence-electron chi connectivity index (χ4n) is 3.34. The van der Waals surface area contributed by atoms with Crippen LogP contribution in [0.15, 0.2) is 47.4 Å². The third kappa shape index (κ3) is 4.77. The van der Waals surface area contributed by atoms with Crippen LogP contribution in [0.2, 0.25) is 0 Å². The van der Waals surface area contributed by atoms with Crippen LogP contribution in [0.5, 0.6) is 11.5 Å². The molecule has 1 unspecified atom stereocenters. The zero-order valence-corrected chi connectivity index (χ0v) is 17.8. The van der Waals surface area contributed by atoms with E-state index in [4.69, 9.17) is 9.47 Å². The maximum absolute atomic E-state index is 12.8. The monoisotopic (exact) mass is 441 g/mol. The van der Waals surface area contributed by atoms with Crippen molar-refractivity contribution in [3.63, 3.8) is 0 Å². The maximum Gasteiger partial charge on any atom is 0.322 e. The molecule has 0 spiro atoms. The van der Waals surface area contributed by atoms with Crippen molar-refractivity contribution in [3.05, 3.63) is 53.6 Å². The van der Waals surface area contributed by atoms with Gasteiger partial charge in [0.15, 0.2) is 11.5 Å². The smallest absolute Gasteiger partial charge is 0.322 e. The highest BCUT2D eigenvalue weighted by molar-refractivity contribution is 7.99. The number of rotatable bonds is 7.